The van der Waals surface area contributed by atoms with Crippen molar-refractivity contribution in [2.24, 2.45) is 0 Å². The van der Waals surface area contributed by atoms with Crippen molar-refractivity contribution in [1.82, 2.24) is 0 Å². The Kier molecular flexibility index (Phi) is 2.33. The highest BCUT2D eigenvalue weighted by molar-refractivity contribution is 9.10. The van der Waals surface area contributed by atoms with Gasteiger partial charge >= 0.3 is 0 Å². The van der Waals surface area contributed by atoms with E-state index in [0.717, 1.165) is 16.9 Å². The number of fused-ring (bicyclic) bond motifs is 2. The molecular formula is C13H9BrFNO. The Bertz CT molecular complexity index is 613. The van der Waals surface area contributed by atoms with Gasteiger partial charge in [0, 0.05) is 23.2 Å². The molecule has 86 valence electrons. The van der Waals surface area contributed by atoms with E-state index in [1.807, 2.05) is 12.1 Å². The van der Waals surface area contributed by atoms with Crippen molar-refractivity contribution in [2.75, 3.05) is 5.73 Å². The van der Waals surface area contributed by atoms with Gasteiger partial charge in [-0.3, -0.25) is 0 Å². The standard InChI is InChI=1S/C13H9BrFNO/c14-11-6-9(15)4-8-3-7-5-10(16)1-2-12(7)17-13(8)11/h1-2,4-6H,3,16H2. The average molecular weight is 294 g/mol. The molecule has 3 rings (SSSR count). The highest BCUT2D eigenvalue weighted by atomic mass is 79.9. The van der Waals surface area contributed by atoms with Gasteiger partial charge in [-0.2, -0.15) is 0 Å². The van der Waals surface area contributed by atoms with Crippen LogP contribution in [0.3, 0.4) is 0 Å². The summed E-state index contributed by atoms with van der Waals surface area (Å²) in [4.78, 5) is 0. The van der Waals surface area contributed by atoms with Crippen molar-refractivity contribution in [3.63, 3.8) is 0 Å². The predicted molar refractivity (Wildman–Crippen MR) is 67.8 cm³/mol. The molecule has 0 saturated heterocycles. The Hall–Kier alpha value is -1.55. The van der Waals surface area contributed by atoms with Crippen LogP contribution in [0.25, 0.3) is 0 Å². The zero-order valence-corrected chi connectivity index (χ0v) is 10.4. The summed E-state index contributed by atoms with van der Waals surface area (Å²) in [5.74, 6) is 1.19. The van der Waals surface area contributed by atoms with Gasteiger partial charge in [0.2, 0.25) is 0 Å². The van der Waals surface area contributed by atoms with Crippen molar-refractivity contribution in [1.29, 1.82) is 0 Å². The maximum Gasteiger partial charge on any atom is 0.145 e. The first kappa shape index (κ1) is 10.6. The van der Waals surface area contributed by atoms with Crippen LogP contribution in [-0.2, 0) is 6.42 Å². The van der Waals surface area contributed by atoms with Crippen LogP contribution in [0, 0.1) is 5.82 Å². The third-order valence-electron chi connectivity index (χ3n) is 2.76. The minimum Gasteiger partial charge on any atom is -0.456 e. The number of nitrogens with two attached hydrogens (primary N) is 1. The zero-order valence-electron chi connectivity index (χ0n) is 8.84. The summed E-state index contributed by atoms with van der Waals surface area (Å²) in [6.07, 6.45) is 0.631. The molecular weight excluding hydrogens is 285 g/mol. The van der Waals surface area contributed by atoms with Crippen LogP contribution in [0.15, 0.2) is 34.8 Å². The maximum atomic E-state index is 13.3. The molecule has 1 heterocycles. The Morgan fingerprint density at radius 3 is 2.82 bits per heavy atom. The molecule has 2 aromatic carbocycles. The lowest BCUT2D eigenvalue weighted by atomic mass is 10.00. The molecule has 17 heavy (non-hydrogen) atoms. The van der Waals surface area contributed by atoms with Gasteiger partial charge in [-0.25, -0.2) is 4.39 Å². The number of halogens is 2. The summed E-state index contributed by atoms with van der Waals surface area (Å²) in [5.41, 5.74) is 8.22. The number of benzene rings is 2. The summed E-state index contributed by atoms with van der Waals surface area (Å²) in [6.45, 7) is 0. The molecule has 1 aliphatic heterocycles. The highest BCUT2D eigenvalue weighted by Crippen LogP contribution is 2.41. The lowest BCUT2D eigenvalue weighted by Crippen LogP contribution is -2.05. The predicted octanol–water partition coefficient (Wildman–Crippen LogP) is 3.87. The maximum absolute atomic E-state index is 13.3. The largest absolute Gasteiger partial charge is 0.456 e. The van der Waals surface area contributed by atoms with Gasteiger partial charge in [-0.15, -0.1) is 0 Å². The van der Waals surface area contributed by atoms with Crippen LogP contribution in [0.2, 0.25) is 0 Å². The van der Waals surface area contributed by atoms with Gasteiger partial charge in [0.25, 0.3) is 0 Å². The molecule has 0 amide bonds. The van der Waals surface area contributed by atoms with Gasteiger partial charge < -0.3 is 10.5 Å². The van der Waals surface area contributed by atoms with Crippen LogP contribution in [0.1, 0.15) is 11.1 Å². The van der Waals surface area contributed by atoms with Crippen molar-refractivity contribution >= 4 is 21.6 Å². The molecule has 0 atom stereocenters. The third-order valence-corrected chi connectivity index (χ3v) is 3.35. The molecule has 4 heteroatoms. The van der Waals surface area contributed by atoms with E-state index >= 15 is 0 Å². The van der Waals surface area contributed by atoms with Crippen molar-refractivity contribution in [3.05, 3.63) is 51.7 Å². The lowest BCUT2D eigenvalue weighted by molar-refractivity contribution is 0.454. The van der Waals surface area contributed by atoms with Crippen LogP contribution in [0.5, 0.6) is 11.5 Å². The number of rotatable bonds is 0. The second-order valence-electron chi connectivity index (χ2n) is 4.02. The number of nitrogen functional groups attached to an aromatic ring is 1. The Labute approximate surface area is 106 Å². The molecule has 0 aliphatic carbocycles. The third kappa shape index (κ3) is 1.78. The monoisotopic (exact) mass is 293 g/mol. The first-order valence-corrected chi connectivity index (χ1v) is 5.97. The minimum absolute atomic E-state index is 0.272. The molecule has 0 unspecified atom stereocenters. The van der Waals surface area contributed by atoms with E-state index in [9.17, 15) is 4.39 Å². The molecule has 0 saturated carbocycles. The molecule has 0 aromatic heterocycles. The van der Waals surface area contributed by atoms with E-state index in [1.165, 1.54) is 12.1 Å². The van der Waals surface area contributed by atoms with Gasteiger partial charge in [0.1, 0.15) is 17.3 Å². The van der Waals surface area contributed by atoms with E-state index in [0.29, 0.717) is 22.3 Å². The molecule has 0 spiro atoms. The van der Waals surface area contributed by atoms with Crippen molar-refractivity contribution in [3.8, 4) is 11.5 Å². The van der Waals surface area contributed by atoms with Gasteiger partial charge in [-0.1, -0.05) is 0 Å². The quantitative estimate of drug-likeness (QED) is 0.639. The zero-order chi connectivity index (χ0) is 12.0. The molecule has 1 aliphatic rings. The topological polar surface area (TPSA) is 35.2 Å². The van der Waals surface area contributed by atoms with E-state index in [1.54, 1.807) is 6.07 Å². The van der Waals surface area contributed by atoms with E-state index in [-0.39, 0.29) is 5.82 Å². The van der Waals surface area contributed by atoms with Crippen LogP contribution in [-0.4, -0.2) is 0 Å². The van der Waals surface area contributed by atoms with E-state index in [4.69, 9.17) is 10.5 Å². The second kappa shape index (κ2) is 3.74. The molecule has 0 fully saturated rings. The molecule has 0 bridgehead atoms. The molecule has 2 aromatic rings. The molecule has 0 radical (unpaired) electrons. The molecule has 2 N–H and O–H groups in total. The summed E-state index contributed by atoms with van der Waals surface area (Å²) in [5, 5.41) is 0. The fourth-order valence-electron chi connectivity index (χ4n) is 2.01. The number of anilines is 1. The summed E-state index contributed by atoms with van der Waals surface area (Å²) >= 11 is 3.31. The highest BCUT2D eigenvalue weighted by Gasteiger charge is 2.20. The van der Waals surface area contributed by atoms with E-state index < -0.39 is 0 Å². The number of hydrogen-bond acceptors (Lipinski definition) is 2. The Morgan fingerprint density at radius 1 is 1.18 bits per heavy atom. The summed E-state index contributed by atoms with van der Waals surface area (Å²) in [6, 6.07) is 8.38. The van der Waals surface area contributed by atoms with Crippen LogP contribution in [0.4, 0.5) is 10.1 Å². The SMILES string of the molecule is Nc1ccc2c(c1)Cc1cc(F)cc(Br)c1O2. The van der Waals surface area contributed by atoms with Gasteiger partial charge in [-0.05, 0) is 46.3 Å². The minimum atomic E-state index is -0.272. The second-order valence-corrected chi connectivity index (χ2v) is 4.88. The first-order chi connectivity index (χ1) is 8.13. The van der Waals surface area contributed by atoms with Crippen LogP contribution >= 0.6 is 15.9 Å². The Balaban J connectivity index is 2.14. The fraction of sp³-hybridized carbons (Fsp3) is 0.0769. The lowest BCUT2D eigenvalue weighted by Gasteiger charge is -2.21. The normalized spacial score (nSPS) is 12.6. The van der Waals surface area contributed by atoms with Crippen molar-refractivity contribution in [2.45, 2.75) is 6.42 Å². The van der Waals surface area contributed by atoms with E-state index in [2.05, 4.69) is 15.9 Å². The first-order valence-electron chi connectivity index (χ1n) is 5.17. The summed E-state index contributed by atoms with van der Waals surface area (Å²) < 4.78 is 19.7. The molecule has 2 nitrogen and oxygen atoms in total. The van der Waals surface area contributed by atoms with Crippen LogP contribution < -0.4 is 10.5 Å². The number of ether oxygens (including phenoxy) is 1. The Morgan fingerprint density at radius 2 is 2.00 bits per heavy atom. The van der Waals surface area contributed by atoms with Gasteiger partial charge in [0.05, 0.1) is 4.47 Å². The average Bonchev–Trinajstić information content (AvgIpc) is 2.26. The fourth-order valence-corrected chi connectivity index (χ4v) is 2.57. The number of hydrogen-bond donors (Lipinski definition) is 1. The van der Waals surface area contributed by atoms with Gasteiger partial charge in [0.15, 0.2) is 0 Å². The summed E-state index contributed by atoms with van der Waals surface area (Å²) in [7, 11) is 0. The van der Waals surface area contributed by atoms with Crippen molar-refractivity contribution < 1.29 is 9.13 Å². The smallest absolute Gasteiger partial charge is 0.145 e.